The van der Waals surface area contributed by atoms with E-state index in [0.29, 0.717) is 27.5 Å². The van der Waals surface area contributed by atoms with Crippen molar-refractivity contribution in [2.24, 2.45) is 5.10 Å². The number of hydrogen-bond donors (Lipinski definition) is 1. The Morgan fingerprint density at radius 3 is 2.75 bits per heavy atom. The average Bonchev–Trinajstić information content (AvgIpc) is 3.16. The van der Waals surface area contributed by atoms with Gasteiger partial charge in [0.25, 0.3) is 5.69 Å². The van der Waals surface area contributed by atoms with Crippen molar-refractivity contribution >= 4 is 39.3 Å². The summed E-state index contributed by atoms with van der Waals surface area (Å²) in [6.45, 7) is 0. The minimum absolute atomic E-state index is 0.0175. The highest BCUT2D eigenvalue weighted by Gasteiger charge is 2.11. The quantitative estimate of drug-likeness (QED) is 0.235. The van der Waals surface area contributed by atoms with E-state index >= 15 is 0 Å². The van der Waals surface area contributed by atoms with Crippen LogP contribution in [0.15, 0.2) is 74.3 Å². The number of rotatable bonds is 5. The van der Waals surface area contributed by atoms with E-state index in [4.69, 9.17) is 4.42 Å². The predicted octanol–water partition coefficient (Wildman–Crippen LogP) is 4.27. The zero-order valence-electron chi connectivity index (χ0n) is 14.2. The van der Waals surface area contributed by atoms with Gasteiger partial charge < -0.3 is 4.42 Å². The summed E-state index contributed by atoms with van der Waals surface area (Å²) >= 11 is 1.29. The van der Waals surface area contributed by atoms with Crippen molar-refractivity contribution in [3.05, 3.63) is 86.1 Å². The minimum atomic E-state index is -0.459. The van der Waals surface area contributed by atoms with E-state index in [2.05, 4.69) is 15.5 Å². The number of aromatic nitrogens is 1. The van der Waals surface area contributed by atoms with Crippen LogP contribution in [0.2, 0.25) is 0 Å². The molecule has 0 unspecified atom stereocenters. The van der Waals surface area contributed by atoms with Crippen LogP contribution in [0, 0.1) is 10.1 Å². The smallest absolute Gasteiger partial charge is 0.345 e. The van der Waals surface area contributed by atoms with Crippen LogP contribution in [0.1, 0.15) is 5.56 Å². The number of thiazole rings is 1. The Morgan fingerprint density at radius 1 is 1.18 bits per heavy atom. The van der Waals surface area contributed by atoms with Crippen molar-refractivity contribution < 1.29 is 9.34 Å². The van der Waals surface area contributed by atoms with Gasteiger partial charge in [-0.05, 0) is 29.8 Å². The van der Waals surface area contributed by atoms with Crippen LogP contribution < -0.4 is 11.1 Å². The first-order valence-electron chi connectivity index (χ1n) is 8.12. The average molecular weight is 392 g/mol. The Kier molecular flexibility index (Phi) is 4.65. The van der Waals surface area contributed by atoms with Crippen molar-refractivity contribution in [2.75, 3.05) is 5.43 Å². The molecule has 4 rings (SSSR count). The van der Waals surface area contributed by atoms with Gasteiger partial charge in [0.05, 0.1) is 22.4 Å². The summed E-state index contributed by atoms with van der Waals surface area (Å²) in [5.41, 5.74) is 4.45. The van der Waals surface area contributed by atoms with Crippen molar-refractivity contribution in [1.82, 2.24) is 4.98 Å². The van der Waals surface area contributed by atoms with Gasteiger partial charge in [-0.15, -0.1) is 11.3 Å². The summed E-state index contributed by atoms with van der Waals surface area (Å²) < 4.78 is 5.33. The number of nitro groups is 1. The maximum absolute atomic E-state index is 12.2. The summed E-state index contributed by atoms with van der Waals surface area (Å²) in [4.78, 5) is 26.8. The lowest BCUT2D eigenvalue weighted by Crippen LogP contribution is -2.02. The second-order valence-corrected chi connectivity index (χ2v) is 6.60. The van der Waals surface area contributed by atoms with Crippen LogP contribution in [0.25, 0.3) is 22.2 Å². The van der Waals surface area contributed by atoms with Gasteiger partial charge in [0.2, 0.25) is 5.13 Å². The van der Waals surface area contributed by atoms with Crippen molar-refractivity contribution in [3.8, 4) is 11.3 Å². The van der Waals surface area contributed by atoms with E-state index in [1.165, 1.54) is 29.7 Å². The zero-order chi connectivity index (χ0) is 19.5. The topological polar surface area (TPSA) is 111 Å². The SMILES string of the molecule is O=c1oc2ccccc2cc1-c1csc(N/N=C\c2ccc([N+](=O)[O-])cc2)n1. The Labute approximate surface area is 161 Å². The largest absolute Gasteiger partial charge is 0.422 e. The van der Waals surface area contributed by atoms with E-state index in [0.717, 1.165) is 5.39 Å². The molecule has 2 aromatic carbocycles. The third kappa shape index (κ3) is 3.64. The number of anilines is 1. The van der Waals surface area contributed by atoms with E-state index in [1.54, 1.807) is 35.7 Å². The number of para-hydroxylation sites is 1. The molecule has 8 nitrogen and oxygen atoms in total. The molecule has 0 saturated heterocycles. The monoisotopic (exact) mass is 392 g/mol. The predicted molar refractivity (Wildman–Crippen MR) is 108 cm³/mol. The van der Waals surface area contributed by atoms with Gasteiger partial charge in [0, 0.05) is 22.9 Å². The molecule has 2 aromatic heterocycles. The molecule has 138 valence electrons. The normalized spacial score (nSPS) is 11.1. The molecule has 0 saturated carbocycles. The number of nitro benzene ring substituents is 1. The maximum Gasteiger partial charge on any atom is 0.345 e. The standard InChI is InChI=1S/C19H12N4O4S/c24-18-15(9-13-3-1-2-4-17(13)27-18)16-11-28-19(21-16)22-20-10-12-5-7-14(8-6-12)23(25)26/h1-11H,(H,21,22)/b20-10-. The molecule has 0 fully saturated rings. The second kappa shape index (κ2) is 7.41. The summed E-state index contributed by atoms with van der Waals surface area (Å²) in [5, 5.41) is 17.8. The number of hydrazone groups is 1. The summed E-state index contributed by atoms with van der Waals surface area (Å²) in [5.74, 6) is 0. The number of benzene rings is 2. The number of non-ortho nitro benzene ring substituents is 1. The van der Waals surface area contributed by atoms with Crippen LogP contribution in [-0.4, -0.2) is 16.1 Å². The zero-order valence-corrected chi connectivity index (χ0v) is 15.1. The fraction of sp³-hybridized carbons (Fsp3) is 0. The van der Waals surface area contributed by atoms with Crippen molar-refractivity contribution in [3.63, 3.8) is 0 Å². The van der Waals surface area contributed by atoms with Crippen LogP contribution in [0.4, 0.5) is 10.8 Å². The second-order valence-electron chi connectivity index (χ2n) is 5.74. The molecular weight excluding hydrogens is 380 g/mol. The van der Waals surface area contributed by atoms with Crippen LogP contribution in [0.3, 0.4) is 0 Å². The number of nitrogens with zero attached hydrogens (tertiary/aromatic N) is 3. The van der Waals surface area contributed by atoms with Gasteiger partial charge >= 0.3 is 5.63 Å². The molecule has 4 aromatic rings. The third-order valence-corrected chi connectivity index (χ3v) is 4.65. The van der Waals surface area contributed by atoms with E-state index in [1.807, 2.05) is 12.1 Å². The fourth-order valence-electron chi connectivity index (χ4n) is 2.53. The molecule has 0 bridgehead atoms. The molecule has 0 radical (unpaired) electrons. The first kappa shape index (κ1) is 17.6. The lowest BCUT2D eigenvalue weighted by atomic mass is 10.1. The Balaban J connectivity index is 1.51. The molecule has 0 spiro atoms. The molecule has 1 N–H and O–H groups in total. The molecular formula is C19H12N4O4S. The van der Waals surface area contributed by atoms with Gasteiger partial charge in [-0.3, -0.25) is 15.5 Å². The molecule has 0 aliphatic heterocycles. The van der Waals surface area contributed by atoms with Gasteiger partial charge in [-0.2, -0.15) is 5.10 Å². The first-order chi connectivity index (χ1) is 13.6. The summed E-state index contributed by atoms with van der Waals surface area (Å²) in [7, 11) is 0. The summed E-state index contributed by atoms with van der Waals surface area (Å²) in [6.07, 6.45) is 1.52. The van der Waals surface area contributed by atoms with E-state index in [-0.39, 0.29) is 5.69 Å². The molecule has 2 heterocycles. The highest BCUT2D eigenvalue weighted by atomic mass is 32.1. The number of hydrogen-bond acceptors (Lipinski definition) is 8. The van der Waals surface area contributed by atoms with Crippen LogP contribution >= 0.6 is 11.3 Å². The fourth-order valence-corrected chi connectivity index (χ4v) is 3.19. The molecule has 0 aliphatic rings. The molecule has 9 heteroatoms. The van der Waals surface area contributed by atoms with Gasteiger partial charge in [-0.1, -0.05) is 18.2 Å². The maximum atomic E-state index is 12.2. The van der Waals surface area contributed by atoms with Gasteiger partial charge in [-0.25, -0.2) is 9.78 Å². The molecule has 28 heavy (non-hydrogen) atoms. The van der Waals surface area contributed by atoms with Crippen LogP contribution in [-0.2, 0) is 0 Å². The van der Waals surface area contributed by atoms with Crippen molar-refractivity contribution in [2.45, 2.75) is 0 Å². The number of nitrogens with one attached hydrogen (secondary N) is 1. The van der Waals surface area contributed by atoms with Crippen LogP contribution in [0.5, 0.6) is 0 Å². The molecule has 0 atom stereocenters. The first-order valence-corrected chi connectivity index (χ1v) is 9.00. The molecule has 0 amide bonds. The Bertz CT molecular complexity index is 1240. The van der Waals surface area contributed by atoms with Gasteiger partial charge in [0.1, 0.15) is 5.58 Å². The minimum Gasteiger partial charge on any atom is -0.422 e. The Hall–Kier alpha value is -3.85. The highest BCUT2D eigenvalue weighted by molar-refractivity contribution is 7.14. The summed E-state index contributed by atoms with van der Waals surface area (Å²) in [6, 6.07) is 15.0. The molecule has 0 aliphatic carbocycles. The lowest BCUT2D eigenvalue weighted by Gasteiger charge is -1.99. The van der Waals surface area contributed by atoms with Gasteiger partial charge in [0.15, 0.2) is 0 Å². The number of fused-ring (bicyclic) bond motifs is 1. The Morgan fingerprint density at radius 2 is 1.96 bits per heavy atom. The third-order valence-electron chi connectivity index (χ3n) is 3.90. The van der Waals surface area contributed by atoms with Crippen molar-refractivity contribution in [1.29, 1.82) is 0 Å². The highest BCUT2D eigenvalue weighted by Crippen LogP contribution is 2.25. The lowest BCUT2D eigenvalue weighted by molar-refractivity contribution is -0.384. The van der Waals surface area contributed by atoms with E-state index < -0.39 is 10.5 Å². The van der Waals surface area contributed by atoms with E-state index in [9.17, 15) is 14.9 Å².